The Labute approximate surface area is 125 Å². The van der Waals surface area contributed by atoms with Crippen molar-refractivity contribution >= 4 is 11.8 Å². The Morgan fingerprint density at radius 3 is 2.57 bits per heavy atom. The van der Waals surface area contributed by atoms with Crippen molar-refractivity contribution in [2.24, 2.45) is 5.92 Å². The summed E-state index contributed by atoms with van der Waals surface area (Å²) in [5.41, 5.74) is 1.92. The summed E-state index contributed by atoms with van der Waals surface area (Å²) in [4.78, 5) is 25.7. The Bertz CT molecular complexity index is 509. The molecule has 0 spiro atoms. The lowest BCUT2D eigenvalue weighted by Gasteiger charge is -2.34. The molecule has 1 aromatic rings. The number of benzene rings is 1. The van der Waals surface area contributed by atoms with Gasteiger partial charge >= 0.3 is 5.97 Å². The second-order valence-corrected chi connectivity index (χ2v) is 5.76. The van der Waals surface area contributed by atoms with Crippen LogP contribution in [0.3, 0.4) is 0 Å². The lowest BCUT2D eigenvalue weighted by molar-refractivity contribution is -0.143. The minimum absolute atomic E-state index is 0.0729. The summed E-state index contributed by atoms with van der Waals surface area (Å²) < 4.78 is 0. The number of carboxylic acids is 1. The van der Waals surface area contributed by atoms with Gasteiger partial charge in [0.1, 0.15) is 0 Å². The van der Waals surface area contributed by atoms with Crippen molar-refractivity contribution in [2.75, 3.05) is 13.1 Å². The Hall–Kier alpha value is -1.68. The average Bonchev–Trinajstić information content (AvgIpc) is 2.53. The molecule has 0 saturated carbocycles. The Balaban J connectivity index is 2.05. The van der Waals surface area contributed by atoms with Gasteiger partial charge in [-0.3, -0.25) is 14.5 Å². The number of aryl methyl sites for hydroxylation is 1. The van der Waals surface area contributed by atoms with Crippen molar-refractivity contribution in [3.63, 3.8) is 0 Å². The van der Waals surface area contributed by atoms with Gasteiger partial charge < -0.3 is 5.11 Å². The number of ketones is 1. The number of likely N-dealkylation sites (tertiary alicyclic amines) is 1. The highest BCUT2D eigenvalue weighted by Gasteiger charge is 2.30. The van der Waals surface area contributed by atoms with E-state index < -0.39 is 5.97 Å². The first-order valence-corrected chi connectivity index (χ1v) is 7.63. The van der Waals surface area contributed by atoms with Gasteiger partial charge in [-0.2, -0.15) is 0 Å². The Morgan fingerprint density at radius 1 is 1.33 bits per heavy atom. The first kappa shape index (κ1) is 15.7. The number of carbonyl (C=O) groups is 2. The molecule has 2 unspecified atom stereocenters. The third kappa shape index (κ3) is 3.70. The highest BCUT2D eigenvalue weighted by molar-refractivity contribution is 5.99. The molecule has 0 bridgehead atoms. The zero-order chi connectivity index (χ0) is 15.4. The van der Waals surface area contributed by atoms with E-state index in [0.717, 1.165) is 19.4 Å². The van der Waals surface area contributed by atoms with Crippen molar-refractivity contribution in [2.45, 2.75) is 39.2 Å². The summed E-state index contributed by atoms with van der Waals surface area (Å²) in [7, 11) is 0. The van der Waals surface area contributed by atoms with E-state index in [9.17, 15) is 9.59 Å². The van der Waals surface area contributed by atoms with Crippen LogP contribution in [0.15, 0.2) is 24.3 Å². The van der Waals surface area contributed by atoms with E-state index in [2.05, 4.69) is 6.92 Å². The zero-order valence-electron chi connectivity index (χ0n) is 12.7. The van der Waals surface area contributed by atoms with E-state index in [0.29, 0.717) is 18.5 Å². The fourth-order valence-electron chi connectivity index (χ4n) is 2.87. The first-order valence-electron chi connectivity index (χ1n) is 7.63. The van der Waals surface area contributed by atoms with Crippen LogP contribution in [0, 0.1) is 5.92 Å². The van der Waals surface area contributed by atoms with Crippen molar-refractivity contribution in [3.05, 3.63) is 35.4 Å². The number of piperidine rings is 1. The van der Waals surface area contributed by atoms with Crippen LogP contribution < -0.4 is 0 Å². The van der Waals surface area contributed by atoms with Crippen LogP contribution in [-0.2, 0) is 11.2 Å². The molecular formula is C17H23NO3. The van der Waals surface area contributed by atoms with Crippen LogP contribution in [-0.4, -0.2) is 40.9 Å². The zero-order valence-corrected chi connectivity index (χ0v) is 12.7. The molecule has 4 heteroatoms. The minimum Gasteiger partial charge on any atom is -0.481 e. The SMILES string of the molecule is CCc1ccc(C(=O)C(C)N2CCCC(C(=O)O)C2)cc1. The maximum atomic E-state index is 12.5. The topological polar surface area (TPSA) is 57.6 Å². The number of nitrogens with zero attached hydrogens (tertiary/aromatic N) is 1. The number of carboxylic acid groups (broad SMARTS) is 1. The molecule has 114 valence electrons. The molecule has 1 saturated heterocycles. The summed E-state index contributed by atoms with van der Waals surface area (Å²) >= 11 is 0. The molecule has 1 aliphatic heterocycles. The number of hydrogen-bond donors (Lipinski definition) is 1. The summed E-state index contributed by atoms with van der Waals surface area (Å²) in [6.07, 6.45) is 2.50. The molecule has 0 aliphatic carbocycles. The van der Waals surface area contributed by atoms with Gasteiger partial charge in [0, 0.05) is 12.1 Å². The molecule has 1 N–H and O–H groups in total. The Kier molecular flexibility index (Phi) is 5.12. The standard InChI is InChI=1S/C17H23NO3/c1-3-13-6-8-14(9-7-13)16(19)12(2)18-10-4-5-15(11-18)17(20)21/h6-9,12,15H,3-5,10-11H2,1-2H3,(H,20,21). The molecule has 1 aliphatic rings. The van der Waals surface area contributed by atoms with Crippen LogP contribution in [0.2, 0.25) is 0 Å². The molecule has 21 heavy (non-hydrogen) atoms. The normalized spacial score (nSPS) is 21.0. The summed E-state index contributed by atoms with van der Waals surface area (Å²) in [6, 6.07) is 7.44. The molecule has 1 fully saturated rings. The third-order valence-electron chi connectivity index (χ3n) is 4.38. The van der Waals surface area contributed by atoms with Crippen LogP contribution in [0.25, 0.3) is 0 Å². The van der Waals surface area contributed by atoms with Gasteiger partial charge in [-0.05, 0) is 38.3 Å². The van der Waals surface area contributed by atoms with E-state index in [-0.39, 0.29) is 17.7 Å². The lowest BCUT2D eigenvalue weighted by atomic mass is 9.95. The second kappa shape index (κ2) is 6.85. The smallest absolute Gasteiger partial charge is 0.307 e. The van der Waals surface area contributed by atoms with E-state index in [1.807, 2.05) is 36.1 Å². The van der Waals surface area contributed by atoms with Gasteiger partial charge in [0.2, 0.25) is 0 Å². The lowest BCUT2D eigenvalue weighted by Crippen LogP contribution is -2.46. The maximum absolute atomic E-state index is 12.5. The predicted molar refractivity (Wildman–Crippen MR) is 81.5 cm³/mol. The largest absolute Gasteiger partial charge is 0.481 e. The molecule has 1 heterocycles. The molecule has 2 atom stereocenters. The highest BCUT2D eigenvalue weighted by Crippen LogP contribution is 2.20. The van der Waals surface area contributed by atoms with E-state index in [4.69, 9.17) is 5.11 Å². The summed E-state index contributed by atoms with van der Waals surface area (Å²) in [5.74, 6) is -1.04. The van der Waals surface area contributed by atoms with Crippen molar-refractivity contribution < 1.29 is 14.7 Å². The maximum Gasteiger partial charge on any atom is 0.307 e. The quantitative estimate of drug-likeness (QED) is 0.847. The van der Waals surface area contributed by atoms with Crippen molar-refractivity contribution in [1.29, 1.82) is 0 Å². The van der Waals surface area contributed by atoms with E-state index in [1.54, 1.807) is 0 Å². The van der Waals surface area contributed by atoms with Gasteiger partial charge in [0.15, 0.2) is 5.78 Å². The van der Waals surface area contributed by atoms with Gasteiger partial charge in [-0.15, -0.1) is 0 Å². The monoisotopic (exact) mass is 289 g/mol. The van der Waals surface area contributed by atoms with Gasteiger partial charge in [0.25, 0.3) is 0 Å². The highest BCUT2D eigenvalue weighted by atomic mass is 16.4. The van der Waals surface area contributed by atoms with Crippen LogP contribution >= 0.6 is 0 Å². The van der Waals surface area contributed by atoms with Crippen LogP contribution in [0.1, 0.15) is 42.6 Å². The van der Waals surface area contributed by atoms with Gasteiger partial charge in [0.05, 0.1) is 12.0 Å². The number of Topliss-reactive ketones (excluding diaryl/α,β-unsaturated/α-hetero) is 1. The average molecular weight is 289 g/mol. The second-order valence-electron chi connectivity index (χ2n) is 5.76. The van der Waals surface area contributed by atoms with Gasteiger partial charge in [-0.1, -0.05) is 31.2 Å². The molecular weight excluding hydrogens is 266 g/mol. The third-order valence-corrected chi connectivity index (χ3v) is 4.38. The fraction of sp³-hybridized carbons (Fsp3) is 0.529. The predicted octanol–water partition coefficient (Wildman–Crippen LogP) is 2.62. The molecule has 4 nitrogen and oxygen atoms in total. The van der Waals surface area contributed by atoms with Crippen molar-refractivity contribution in [3.8, 4) is 0 Å². The first-order chi connectivity index (χ1) is 10.0. The van der Waals surface area contributed by atoms with Crippen molar-refractivity contribution in [1.82, 2.24) is 4.90 Å². The van der Waals surface area contributed by atoms with Crippen LogP contribution in [0.4, 0.5) is 0 Å². The number of carbonyl (C=O) groups excluding carboxylic acids is 1. The number of rotatable bonds is 5. The number of hydrogen-bond acceptors (Lipinski definition) is 3. The minimum atomic E-state index is -0.758. The number of aliphatic carboxylic acids is 1. The molecule has 2 rings (SSSR count). The van der Waals surface area contributed by atoms with E-state index >= 15 is 0 Å². The van der Waals surface area contributed by atoms with E-state index in [1.165, 1.54) is 5.56 Å². The summed E-state index contributed by atoms with van der Waals surface area (Å²) in [6.45, 7) is 5.22. The molecule has 0 amide bonds. The van der Waals surface area contributed by atoms with Gasteiger partial charge in [-0.25, -0.2) is 0 Å². The molecule has 0 aromatic heterocycles. The fourth-order valence-corrected chi connectivity index (χ4v) is 2.87. The molecule has 1 aromatic carbocycles. The van der Waals surface area contributed by atoms with Crippen LogP contribution in [0.5, 0.6) is 0 Å². The summed E-state index contributed by atoms with van der Waals surface area (Å²) in [5, 5.41) is 9.14. The molecule has 0 radical (unpaired) electrons. The Morgan fingerprint density at radius 2 is 2.00 bits per heavy atom.